The molecule has 0 aliphatic carbocycles. The number of hydrogen-bond acceptors (Lipinski definition) is 6. The minimum Gasteiger partial charge on any atom is -0.365 e. The Morgan fingerprint density at radius 1 is 1.32 bits per heavy atom. The van der Waals surface area contributed by atoms with Crippen molar-refractivity contribution in [2.75, 3.05) is 17.6 Å². The zero-order chi connectivity index (χ0) is 14.7. The van der Waals surface area contributed by atoms with Crippen molar-refractivity contribution in [3.63, 3.8) is 0 Å². The van der Waals surface area contributed by atoms with Crippen LogP contribution in [0.25, 0.3) is 0 Å². The molecule has 2 N–H and O–H groups in total. The van der Waals surface area contributed by atoms with Crippen molar-refractivity contribution in [2.45, 2.75) is 34.1 Å². The molecule has 0 atom stereocenters. The second-order valence-corrected chi connectivity index (χ2v) is 6.99. The first-order valence-corrected chi connectivity index (χ1v) is 7.10. The molecule has 108 valence electrons. The molecule has 0 saturated heterocycles. The molecule has 1 heterocycles. The molecule has 5 nitrogen and oxygen atoms in total. The highest BCUT2D eigenvalue weighted by Gasteiger charge is 2.28. The summed E-state index contributed by atoms with van der Waals surface area (Å²) >= 11 is 9.98. The number of anilines is 1. The first-order valence-electron chi connectivity index (χ1n) is 6.09. The molecule has 0 fully saturated rings. The fourth-order valence-corrected chi connectivity index (χ4v) is 2.42. The summed E-state index contributed by atoms with van der Waals surface area (Å²) in [6, 6.07) is 0. The summed E-state index contributed by atoms with van der Waals surface area (Å²) in [5.74, 6) is 1.25. The van der Waals surface area contributed by atoms with Crippen LogP contribution in [-0.2, 0) is 0 Å². The summed E-state index contributed by atoms with van der Waals surface area (Å²) in [4.78, 5) is 0. The maximum absolute atomic E-state index is 7.35. The van der Waals surface area contributed by atoms with Crippen molar-refractivity contribution in [1.82, 2.24) is 10.3 Å². The lowest BCUT2D eigenvalue weighted by Gasteiger charge is -2.34. The summed E-state index contributed by atoms with van der Waals surface area (Å²) in [6.45, 7) is 9.42. The number of nitrogens with zero attached hydrogens (tertiary/aromatic N) is 2. The lowest BCUT2D eigenvalue weighted by molar-refractivity contribution is 0.230. The van der Waals surface area contributed by atoms with E-state index in [0.29, 0.717) is 12.4 Å². The van der Waals surface area contributed by atoms with Gasteiger partial charge in [-0.1, -0.05) is 39.3 Å². The normalized spacial score (nSPS) is 12.5. The topological polar surface area (TPSA) is 74.8 Å². The van der Waals surface area contributed by atoms with Crippen LogP contribution in [-0.4, -0.2) is 27.8 Å². The minimum atomic E-state index is -0.183. The molecule has 0 aliphatic heterocycles. The largest absolute Gasteiger partial charge is 0.365 e. The summed E-state index contributed by atoms with van der Waals surface area (Å²) in [5, 5.41) is 17.6. The molecule has 0 saturated carbocycles. The number of nitrogens with one attached hydrogen (secondary N) is 2. The first-order chi connectivity index (χ1) is 8.67. The van der Waals surface area contributed by atoms with Crippen LogP contribution in [0.4, 0.5) is 5.82 Å². The van der Waals surface area contributed by atoms with E-state index >= 15 is 0 Å². The van der Waals surface area contributed by atoms with Gasteiger partial charge in [0.1, 0.15) is 0 Å². The first kappa shape index (κ1) is 16.3. The van der Waals surface area contributed by atoms with Crippen LogP contribution in [0.3, 0.4) is 0 Å². The van der Waals surface area contributed by atoms with E-state index < -0.39 is 0 Å². The molecule has 0 unspecified atom stereocenters. The molecule has 0 amide bonds. The van der Waals surface area contributed by atoms with Gasteiger partial charge in [0.05, 0.1) is 0 Å². The van der Waals surface area contributed by atoms with Crippen LogP contribution in [0, 0.1) is 16.2 Å². The maximum atomic E-state index is 7.35. The van der Waals surface area contributed by atoms with Gasteiger partial charge in [-0.05, 0) is 33.3 Å². The van der Waals surface area contributed by atoms with E-state index in [1.54, 1.807) is 0 Å². The van der Waals surface area contributed by atoms with Crippen molar-refractivity contribution in [2.24, 2.45) is 10.8 Å². The second kappa shape index (κ2) is 6.13. The number of hydrogen-bond donors (Lipinski definition) is 3. The molecule has 1 aromatic rings. The van der Waals surface area contributed by atoms with Crippen LogP contribution < -0.4 is 5.32 Å². The van der Waals surface area contributed by atoms with E-state index in [1.165, 1.54) is 0 Å². The van der Waals surface area contributed by atoms with E-state index in [2.05, 4.69) is 60.6 Å². The Hall–Kier alpha value is -0.750. The predicted octanol–water partition coefficient (Wildman–Crippen LogP) is 3.42. The Bertz CT molecular complexity index is 445. The van der Waals surface area contributed by atoms with Gasteiger partial charge in [-0.25, -0.2) is 4.63 Å². The van der Waals surface area contributed by atoms with Gasteiger partial charge in [-0.2, -0.15) is 12.6 Å². The monoisotopic (exact) mass is 304 g/mol. The Kier molecular flexibility index (Phi) is 5.26. The lowest BCUT2D eigenvalue weighted by Crippen LogP contribution is -2.30. The Labute approximate surface area is 124 Å². The molecule has 0 spiro atoms. The SMILES string of the molecule is CC(C)(CS)CC(C)(C)CNc1nonc1C(=N)Cl. The highest BCUT2D eigenvalue weighted by Crippen LogP contribution is 2.34. The van der Waals surface area contributed by atoms with Crippen LogP contribution in [0.1, 0.15) is 39.8 Å². The lowest BCUT2D eigenvalue weighted by atomic mass is 9.76. The van der Waals surface area contributed by atoms with Crippen LogP contribution in [0.15, 0.2) is 4.63 Å². The molecule has 19 heavy (non-hydrogen) atoms. The van der Waals surface area contributed by atoms with E-state index in [1.807, 2.05) is 0 Å². The van der Waals surface area contributed by atoms with Crippen molar-refractivity contribution in [1.29, 1.82) is 5.41 Å². The van der Waals surface area contributed by atoms with Gasteiger partial charge in [0.15, 0.2) is 10.9 Å². The van der Waals surface area contributed by atoms with Crippen molar-refractivity contribution >= 4 is 35.2 Å². The predicted molar refractivity (Wildman–Crippen MR) is 81.5 cm³/mol. The van der Waals surface area contributed by atoms with Crippen molar-refractivity contribution < 1.29 is 4.63 Å². The van der Waals surface area contributed by atoms with E-state index in [-0.39, 0.29) is 21.7 Å². The molecule has 0 aromatic carbocycles. The molecular formula is C12H21ClN4OS. The van der Waals surface area contributed by atoms with Gasteiger partial charge < -0.3 is 5.32 Å². The van der Waals surface area contributed by atoms with Crippen LogP contribution in [0.2, 0.25) is 0 Å². The smallest absolute Gasteiger partial charge is 0.201 e. The highest BCUT2D eigenvalue weighted by molar-refractivity contribution is 7.80. The maximum Gasteiger partial charge on any atom is 0.201 e. The van der Waals surface area contributed by atoms with Crippen molar-refractivity contribution in [3.05, 3.63) is 5.69 Å². The van der Waals surface area contributed by atoms with Gasteiger partial charge in [-0.3, -0.25) is 5.41 Å². The Balaban J connectivity index is 2.65. The van der Waals surface area contributed by atoms with E-state index in [0.717, 1.165) is 12.2 Å². The van der Waals surface area contributed by atoms with Crippen molar-refractivity contribution in [3.8, 4) is 0 Å². The fraction of sp³-hybridized carbons (Fsp3) is 0.750. The average Bonchev–Trinajstić information content (AvgIpc) is 2.73. The van der Waals surface area contributed by atoms with E-state index in [9.17, 15) is 0 Å². The third kappa shape index (κ3) is 5.03. The van der Waals surface area contributed by atoms with Gasteiger partial charge in [0.2, 0.25) is 5.82 Å². The van der Waals surface area contributed by atoms with Gasteiger partial charge in [-0.15, -0.1) is 0 Å². The zero-order valence-corrected chi connectivity index (χ0v) is 13.4. The second-order valence-electron chi connectivity index (χ2n) is 6.29. The third-order valence-corrected chi connectivity index (χ3v) is 3.85. The van der Waals surface area contributed by atoms with Crippen LogP contribution in [0.5, 0.6) is 0 Å². The van der Waals surface area contributed by atoms with Gasteiger partial charge in [0, 0.05) is 6.54 Å². The molecule has 7 heteroatoms. The standard InChI is InChI=1S/C12H21ClN4OS/c1-11(2,5-12(3,4)7-19)6-15-10-8(9(13)14)16-18-17-10/h14,19H,5-7H2,1-4H3,(H,15,17). The molecule has 0 aliphatic rings. The summed E-state index contributed by atoms with van der Waals surface area (Å²) < 4.78 is 4.59. The average molecular weight is 305 g/mol. The third-order valence-electron chi connectivity index (χ3n) is 2.82. The van der Waals surface area contributed by atoms with E-state index in [4.69, 9.17) is 17.0 Å². The number of aromatic nitrogens is 2. The fourth-order valence-electron chi connectivity index (χ4n) is 2.19. The Morgan fingerprint density at radius 2 is 1.95 bits per heavy atom. The quantitative estimate of drug-likeness (QED) is 0.533. The molecule has 1 rings (SSSR count). The number of thiol groups is 1. The zero-order valence-electron chi connectivity index (χ0n) is 11.7. The number of halogens is 1. The molecule has 0 bridgehead atoms. The highest BCUT2D eigenvalue weighted by atomic mass is 35.5. The summed E-state index contributed by atoms with van der Waals surface area (Å²) in [7, 11) is 0. The van der Waals surface area contributed by atoms with Crippen LogP contribution >= 0.6 is 24.2 Å². The van der Waals surface area contributed by atoms with Gasteiger partial charge >= 0.3 is 0 Å². The van der Waals surface area contributed by atoms with Gasteiger partial charge in [0.25, 0.3) is 0 Å². The molecule has 1 aromatic heterocycles. The number of rotatable bonds is 7. The summed E-state index contributed by atoms with van der Waals surface area (Å²) in [5.41, 5.74) is 0.459. The summed E-state index contributed by atoms with van der Waals surface area (Å²) in [6.07, 6.45) is 1.01. The molecular weight excluding hydrogens is 284 g/mol. The minimum absolute atomic E-state index is 0.0525. The molecule has 0 radical (unpaired) electrons. The Morgan fingerprint density at radius 3 is 2.47 bits per heavy atom.